The van der Waals surface area contributed by atoms with Crippen LogP contribution in [0.3, 0.4) is 0 Å². The summed E-state index contributed by atoms with van der Waals surface area (Å²) in [5.41, 5.74) is 3.53. The molecule has 0 bridgehead atoms. The molecule has 1 N–H and O–H groups in total. The molecule has 0 aromatic heterocycles. The molecule has 3 rings (SSSR count). The summed E-state index contributed by atoms with van der Waals surface area (Å²) in [7, 11) is 0. The van der Waals surface area contributed by atoms with E-state index in [1.807, 2.05) is 0 Å². The smallest absolute Gasteiger partial charge is 0.244 e. The van der Waals surface area contributed by atoms with Gasteiger partial charge >= 0.3 is 0 Å². The van der Waals surface area contributed by atoms with Crippen LogP contribution in [0.15, 0.2) is 18.2 Å². The number of nitrogens with zero attached hydrogens (tertiary/aromatic N) is 1. The van der Waals surface area contributed by atoms with Crippen LogP contribution >= 0.6 is 0 Å². The van der Waals surface area contributed by atoms with Gasteiger partial charge < -0.3 is 4.90 Å². The van der Waals surface area contributed by atoms with Gasteiger partial charge in [0, 0.05) is 6.04 Å². The van der Waals surface area contributed by atoms with Gasteiger partial charge in [-0.3, -0.25) is 10.1 Å². The first kappa shape index (κ1) is 14.6. The van der Waals surface area contributed by atoms with Gasteiger partial charge in [0.05, 0.1) is 0 Å². The molecular weight excluding hydrogens is 260 g/mol. The van der Waals surface area contributed by atoms with Crippen LogP contribution in [0, 0.1) is 13.8 Å². The average molecular weight is 286 g/mol. The standard InChI is InChI=1S/C18H26N2O/c1-5-6-14(4)20-16(19-18(9-10-18)17(20)21)15-11-12(2)7-8-13(15)3/h7-8,11,14,16,19H,5-6,9-10H2,1-4H3. The molecule has 2 fully saturated rings. The quantitative estimate of drug-likeness (QED) is 0.919. The van der Waals surface area contributed by atoms with Crippen LogP contribution in [0.25, 0.3) is 0 Å². The second-order valence-corrected chi connectivity index (χ2v) is 6.84. The first-order valence-corrected chi connectivity index (χ1v) is 8.16. The highest BCUT2D eigenvalue weighted by Crippen LogP contribution is 2.47. The molecule has 3 heteroatoms. The zero-order valence-corrected chi connectivity index (χ0v) is 13.6. The Balaban J connectivity index is 1.98. The lowest BCUT2D eigenvalue weighted by molar-refractivity contribution is -0.132. The summed E-state index contributed by atoms with van der Waals surface area (Å²) < 4.78 is 0. The van der Waals surface area contributed by atoms with E-state index in [2.05, 4.69) is 56.1 Å². The summed E-state index contributed by atoms with van der Waals surface area (Å²) in [6.07, 6.45) is 4.19. The predicted octanol–water partition coefficient (Wildman–Crippen LogP) is 3.46. The van der Waals surface area contributed by atoms with Crippen molar-refractivity contribution in [3.05, 3.63) is 34.9 Å². The van der Waals surface area contributed by atoms with E-state index in [1.54, 1.807) is 0 Å². The molecule has 1 aromatic rings. The third-order valence-electron chi connectivity index (χ3n) is 5.00. The van der Waals surface area contributed by atoms with E-state index in [4.69, 9.17) is 0 Å². The number of hydrogen-bond acceptors (Lipinski definition) is 2. The molecule has 1 aliphatic carbocycles. The van der Waals surface area contributed by atoms with Gasteiger partial charge in [0.15, 0.2) is 0 Å². The summed E-state index contributed by atoms with van der Waals surface area (Å²) >= 11 is 0. The first-order valence-electron chi connectivity index (χ1n) is 8.16. The highest BCUT2D eigenvalue weighted by Gasteiger charge is 2.60. The lowest BCUT2D eigenvalue weighted by atomic mass is 10.0. The van der Waals surface area contributed by atoms with E-state index in [9.17, 15) is 4.79 Å². The molecule has 1 aliphatic heterocycles. The van der Waals surface area contributed by atoms with Gasteiger partial charge in [-0.2, -0.15) is 0 Å². The molecular formula is C18H26N2O. The second-order valence-electron chi connectivity index (χ2n) is 6.84. The Bertz CT molecular complexity index is 562. The Kier molecular flexibility index (Phi) is 3.56. The number of hydrogen-bond donors (Lipinski definition) is 1. The van der Waals surface area contributed by atoms with Crippen molar-refractivity contribution in [3.8, 4) is 0 Å². The molecule has 114 valence electrons. The van der Waals surface area contributed by atoms with E-state index in [0.29, 0.717) is 11.9 Å². The van der Waals surface area contributed by atoms with Crippen molar-refractivity contribution in [3.63, 3.8) is 0 Å². The Morgan fingerprint density at radius 1 is 1.38 bits per heavy atom. The third-order valence-corrected chi connectivity index (χ3v) is 5.00. The summed E-state index contributed by atoms with van der Waals surface area (Å²) in [5.74, 6) is 0.314. The van der Waals surface area contributed by atoms with Crippen molar-refractivity contribution in [2.45, 2.75) is 71.1 Å². The molecule has 1 amide bonds. The summed E-state index contributed by atoms with van der Waals surface area (Å²) in [6, 6.07) is 6.83. The zero-order chi connectivity index (χ0) is 15.2. The molecule has 1 saturated heterocycles. The number of carbonyl (C=O) groups is 1. The normalized spacial score (nSPS) is 24.7. The number of amides is 1. The van der Waals surface area contributed by atoms with Crippen LogP contribution in [-0.2, 0) is 4.79 Å². The largest absolute Gasteiger partial charge is 0.319 e. The van der Waals surface area contributed by atoms with Crippen LogP contribution in [0.5, 0.6) is 0 Å². The van der Waals surface area contributed by atoms with Crippen LogP contribution in [-0.4, -0.2) is 22.4 Å². The van der Waals surface area contributed by atoms with Gasteiger partial charge in [-0.15, -0.1) is 0 Å². The average Bonchev–Trinajstić information content (AvgIpc) is 3.15. The molecule has 1 saturated carbocycles. The van der Waals surface area contributed by atoms with E-state index in [0.717, 1.165) is 25.7 Å². The van der Waals surface area contributed by atoms with Gasteiger partial charge in [0.2, 0.25) is 5.91 Å². The fourth-order valence-electron chi connectivity index (χ4n) is 3.53. The van der Waals surface area contributed by atoms with Crippen LogP contribution in [0.2, 0.25) is 0 Å². The van der Waals surface area contributed by atoms with Crippen molar-refractivity contribution in [1.82, 2.24) is 10.2 Å². The monoisotopic (exact) mass is 286 g/mol. The van der Waals surface area contributed by atoms with Crippen LogP contribution in [0.4, 0.5) is 0 Å². The molecule has 1 spiro atoms. The number of benzene rings is 1. The van der Waals surface area contributed by atoms with Crippen LogP contribution < -0.4 is 5.32 Å². The van der Waals surface area contributed by atoms with Gasteiger partial charge in [0.1, 0.15) is 11.7 Å². The fraction of sp³-hybridized carbons (Fsp3) is 0.611. The van der Waals surface area contributed by atoms with E-state index in [1.165, 1.54) is 16.7 Å². The minimum atomic E-state index is -0.247. The van der Waals surface area contributed by atoms with Crippen molar-refractivity contribution in [1.29, 1.82) is 0 Å². The fourth-order valence-corrected chi connectivity index (χ4v) is 3.53. The van der Waals surface area contributed by atoms with Gasteiger partial charge in [0.25, 0.3) is 0 Å². The maximum absolute atomic E-state index is 12.8. The van der Waals surface area contributed by atoms with E-state index < -0.39 is 0 Å². The number of aryl methyl sites for hydroxylation is 2. The minimum Gasteiger partial charge on any atom is -0.319 e. The Labute approximate surface area is 127 Å². The Morgan fingerprint density at radius 3 is 2.71 bits per heavy atom. The van der Waals surface area contributed by atoms with E-state index >= 15 is 0 Å². The van der Waals surface area contributed by atoms with Gasteiger partial charge in [-0.25, -0.2) is 0 Å². The van der Waals surface area contributed by atoms with Gasteiger partial charge in [-0.1, -0.05) is 37.1 Å². The summed E-state index contributed by atoms with van der Waals surface area (Å²) in [5, 5.41) is 3.64. The second kappa shape index (κ2) is 5.13. The minimum absolute atomic E-state index is 0.0430. The molecule has 21 heavy (non-hydrogen) atoms. The molecule has 1 aromatic carbocycles. The topological polar surface area (TPSA) is 32.3 Å². The Hall–Kier alpha value is -1.35. The maximum atomic E-state index is 12.8. The third kappa shape index (κ3) is 2.38. The lowest BCUT2D eigenvalue weighted by Gasteiger charge is -2.31. The summed E-state index contributed by atoms with van der Waals surface area (Å²) in [4.78, 5) is 15.0. The molecule has 2 aliphatic rings. The lowest BCUT2D eigenvalue weighted by Crippen LogP contribution is -2.39. The highest BCUT2D eigenvalue weighted by atomic mass is 16.2. The predicted molar refractivity (Wildman–Crippen MR) is 85.0 cm³/mol. The first-order chi connectivity index (χ1) is 9.98. The molecule has 0 radical (unpaired) electrons. The number of carbonyl (C=O) groups excluding carboxylic acids is 1. The highest BCUT2D eigenvalue weighted by molar-refractivity contribution is 5.92. The van der Waals surface area contributed by atoms with Gasteiger partial charge in [-0.05, 0) is 51.2 Å². The summed E-state index contributed by atoms with van der Waals surface area (Å²) in [6.45, 7) is 8.63. The molecule has 3 nitrogen and oxygen atoms in total. The zero-order valence-electron chi connectivity index (χ0n) is 13.6. The maximum Gasteiger partial charge on any atom is 0.244 e. The SMILES string of the molecule is CCCC(C)N1C(=O)C2(CC2)NC1c1cc(C)ccc1C. The van der Waals surface area contributed by atoms with Crippen LogP contribution in [0.1, 0.15) is 62.4 Å². The number of rotatable bonds is 4. The Morgan fingerprint density at radius 2 is 2.10 bits per heavy atom. The van der Waals surface area contributed by atoms with Crippen molar-refractivity contribution < 1.29 is 4.79 Å². The van der Waals surface area contributed by atoms with E-state index in [-0.39, 0.29) is 11.7 Å². The molecule has 2 unspecified atom stereocenters. The molecule has 2 atom stereocenters. The van der Waals surface area contributed by atoms with Crippen molar-refractivity contribution in [2.24, 2.45) is 0 Å². The molecule has 1 heterocycles. The van der Waals surface area contributed by atoms with Crippen molar-refractivity contribution in [2.75, 3.05) is 0 Å². The number of nitrogens with one attached hydrogen (secondary N) is 1. The van der Waals surface area contributed by atoms with Crippen molar-refractivity contribution >= 4 is 5.91 Å².